The maximum absolute atomic E-state index is 12.9. The molecule has 128 valence electrons. The molecule has 0 saturated carbocycles. The van der Waals surface area contributed by atoms with E-state index < -0.39 is 17.9 Å². The van der Waals surface area contributed by atoms with Gasteiger partial charge in [-0.25, -0.2) is 9.78 Å². The first-order chi connectivity index (χ1) is 11.9. The van der Waals surface area contributed by atoms with E-state index in [9.17, 15) is 14.7 Å². The number of rotatable bonds is 2. The van der Waals surface area contributed by atoms with Gasteiger partial charge in [0.25, 0.3) is 5.91 Å². The first kappa shape index (κ1) is 15.3. The number of hydrogen-bond acceptors (Lipinski definition) is 6. The van der Waals surface area contributed by atoms with Gasteiger partial charge in [-0.05, 0) is 26.0 Å². The fourth-order valence-electron chi connectivity index (χ4n) is 3.01. The zero-order valence-corrected chi connectivity index (χ0v) is 13.6. The van der Waals surface area contributed by atoms with E-state index in [1.54, 1.807) is 23.6 Å². The Morgan fingerprint density at radius 1 is 1.28 bits per heavy atom. The second-order valence-corrected chi connectivity index (χ2v) is 6.01. The number of nitrogens with zero attached hydrogens (tertiary/aromatic N) is 5. The Morgan fingerprint density at radius 2 is 2.08 bits per heavy atom. The van der Waals surface area contributed by atoms with Gasteiger partial charge >= 0.3 is 5.97 Å². The average Bonchev–Trinajstić information content (AvgIpc) is 3.16. The highest BCUT2D eigenvalue weighted by atomic mass is 16.4. The van der Waals surface area contributed by atoms with Crippen molar-refractivity contribution in [2.24, 2.45) is 0 Å². The number of carboxylic acids is 1. The van der Waals surface area contributed by atoms with Crippen LogP contribution in [0.2, 0.25) is 0 Å². The largest absolute Gasteiger partial charge is 0.480 e. The van der Waals surface area contributed by atoms with Crippen molar-refractivity contribution in [3.05, 3.63) is 41.3 Å². The van der Waals surface area contributed by atoms with Crippen molar-refractivity contribution >= 4 is 23.0 Å². The van der Waals surface area contributed by atoms with Crippen LogP contribution in [0.25, 0.3) is 11.1 Å². The summed E-state index contributed by atoms with van der Waals surface area (Å²) in [4.78, 5) is 30.1. The van der Waals surface area contributed by atoms with Crippen LogP contribution in [-0.2, 0) is 17.9 Å². The highest BCUT2D eigenvalue weighted by Gasteiger charge is 2.38. The quantitative estimate of drug-likeness (QED) is 0.743. The highest BCUT2D eigenvalue weighted by Crippen LogP contribution is 2.24. The lowest BCUT2D eigenvalue weighted by atomic mass is 10.1. The molecule has 0 fully saturated rings. The molecule has 4 rings (SSSR count). The summed E-state index contributed by atoms with van der Waals surface area (Å²) in [5.74, 6) is -0.360. The Labute approximate surface area is 141 Å². The average molecular weight is 341 g/mol. The van der Waals surface area contributed by atoms with E-state index in [4.69, 9.17) is 4.42 Å². The number of aliphatic carboxylic acids is 1. The molecule has 0 aromatic carbocycles. The molecule has 3 aromatic rings. The van der Waals surface area contributed by atoms with Gasteiger partial charge in [0, 0.05) is 11.8 Å². The molecule has 1 atom stereocenters. The number of fused-ring (bicyclic) bond motifs is 2. The lowest BCUT2D eigenvalue weighted by molar-refractivity contribution is -0.143. The molecule has 1 aliphatic rings. The zero-order chi connectivity index (χ0) is 17.7. The van der Waals surface area contributed by atoms with E-state index in [0.29, 0.717) is 22.7 Å². The Hall–Kier alpha value is -3.23. The number of carbonyl (C=O) groups is 2. The molecule has 1 unspecified atom stereocenters. The van der Waals surface area contributed by atoms with E-state index >= 15 is 0 Å². The van der Waals surface area contributed by atoms with Crippen LogP contribution in [0.4, 0.5) is 0 Å². The summed E-state index contributed by atoms with van der Waals surface area (Å²) in [6, 6.07) is 4.04. The summed E-state index contributed by atoms with van der Waals surface area (Å²) in [6.45, 7) is 3.75. The van der Waals surface area contributed by atoms with Crippen LogP contribution in [0.1, 0.15) is 27.9 Å². The van der Waals surface area contributed by atoms with Gasteiger partial charge in [-0.2, -0.15) is 0 Å². The third kappa shape index (κ3) is 2.44. The zero-order valence-electron chi connectivity index (χ0n) is 13.6. The summed E-state index contributed by atoms with van der Waals surface area (Å²) in [5, 5.41) is 17.5. The van der Waals surface area contributed by atoms with Crippen molar-refractivity contribution in [1.82, 2.24) is 24.6 Å². The molecule has 0 radical (unpaired) electrons. The van der Waals surface area contributed by atoms with E-state index in [0.717, 1.165) is 5.69 Å². The van der Waals surface area contributed by atoms with Gasteiger partial charge in [-0.1, -0.05) is 0 Å². The molecule has 1 amide bonds. The molecular formula is C16H15N5O4. The molecule has 9 heteroatoms. The van der Waals surface area contributed by atoms with Crippen molar-refractivity contribution in [1.29, 1.82) is 0 Å². The van der Waals surface area contributed by atoms with Gasteiger partial charge in [-0.3, -0.25) is 4.79 Å². The van der Waals surface area contributed by atoms with Crippen LogP contribution in [0.3, 0.4) is 0 Å². The van der Waals surface area contributed by atoms with Crippen molar-refractivity contribution in [3.63, 3.8) is 0 Å². The van der Waals surface area contributed by atoms with Gasteiger partial charge in [0.05, 0.1) is 13.1 Å². The smallest absolute Gasteiger partial charge is 0.328 e. The first-order valence-corrected chi connectivity index (χ1v) is 7.73. The Balaban J connectivity index is 1.72. The Morgan fingerprint density at radius 3 is 2.84 bits per heavy atom. The minimum atomic E-state index is -1.09. The van der Waals surface area contributed by atoms with E-state index in [2.05, 4.69) is 15.2 Å². The summed E-state index contributed by atoms with van der Waals surface area (Å²) in [6.07, 6.45) is 0. The fraction of sp³-hybridized carbons (Fsp3) is 0.312. The van der Waals surface area contributed by atoms with Crippen molar-refractivity contribution in [2.45, 2.75) is 33.0 Å². The van der Waals surface area contributed by atoms with E-state index in [1.165, 1.54) is 11.0 Å². The molecule has 1 aliphatic heterocycles. The van der Waals surface area contributed by atoms with Crippen LogP contribution >= 0.6 is 0 Å². The van der Waals surface area contributed by atoms with Crippen molar-refractivity contribution in [3.8, 4) is 0 Å². The topological polar surface area (TPSA) is 114 Å². The molecule has 0 spiro atoms. The lowest BCUT2D eigenvalue weighted by Gasteiger charge is -2.32. The van der Waals surface area contributed by atoms with Gasteiger partial charge in [0.15, 0.2) is 17.2 Å². The van der Waals surface area contributed by atoms with Crippen LogP contribution in [0, 0.1) is 13.8 Å². The number of carbonyl (C=O) groups excluding carboxylic acids is 1. The molecule has 9 nitrogen and oxygen atoms in total. The summed E-state index contributed by atoms with van der Waals surface area (Å²) < 4.78 is 7.28. The number of aromatic nitrogens is 4. The van der Waals surface area contributed by atoms with E-state index in [-0.39, 0.29) is 18.8 Å². The van der Waals surface area contributed by atoms with Gasteiger partial charge in [0.1, 0.15) is 17.4 Å². The SMILES string of the molecule is Cc1ccc2oc(C(=O)N3Cc4nnc(C)n4CC3C(=O)O)cc2n1. The molecule has 4 heterocycles. The number of carboxylic acid groups (broad SMARTS) is 1. The first-order valence-electron chi connectivity index (χ1n) is 7.73. The minimum absolute atomic E-state index is 0.0557. The van der Waals surface area contributed by atoms with Gasteiger partial charge < -0.3 is 19.0 Å². The number of pyridine rings is 1. The number of furan rings is 1. The molecule has 1 N–H and O–H groups in total. The van der Waals surface area contributed by atoms with Crippen LogP contribution < -0.4 is 0 Å². The van der Waals surface area contributed by atoms with Gasteiger partial charge in [0.2, 0.25) is 0 Å². The Kier molecular flexibility index (Phi) is 3.31. The van der Waals surface area contributed by atoms with Crippen LogP contribution in [0.15, 0.2) is 22.6 Å². The predicted octanol–water partition coefficient (Wildman–Crippen LogP) is 1.15. The number of aryl methyl sites for hydroxylation is 2. The van der Waals surface area contributed by atoms with Crippen LogP contribution in [-0.4, -0.2) is 47.7 Å². The highest BCUT2D eigenvalue weighted by molar-refractivity contribution is 5.97. The van der Waals surface area contributed by atoms with Gasteiger partial charge in [-0.15, -0.1) is 10.2 Å². The maximum atomic E-state index is 12.9. The minimum Gasteiger partial charge on any atom is -0.480 e. The summed E-state index contributed by atoms with van der Waals surface area (Å²) in [7, 11) is 0. The second kappa shape index (κ2) is 5.40. The molecule has 0 aliphatic carbocycles. The molecule has 25 heavy (non-hydrogen) atoms. The molecule has 0 saturated heterocycles. The number of amides is 1. The van der Waals surface area contributed by atoms with E-state index in [1.807, 2.05) is 6.92 Å². The normalized spacial score (nSPS) is 16.9. The lowest BCUT2D eigenvalue weighted by Crippen LogP contribution is -2.50. The Bertz CT molecular complexity index is 1010. The predicted molar refractivity (Wildman–Crippen MR) is 84.8 cm³/mol. The summed E-state index contributed by atoms with van der Waals surface area (Å²) >= 11 is 0. The monoisotopic (exact) mass is 341 g/mol. The maximum Gasteiger partial charge on any atom is 0.328 e. The molecule has 3 aromatic heterocycles. The van der Waals surface area contributed by atoms with Crippen molar-refractivity contribution in [2.75, 3.05) is 0 Å². The molecule has 0 bridgehead atoms. The van der Waals surface area contributed by atoms with Crippen LogP contribution in [0.5, 0.6) is 0 Å². The molecular weight excluding hydrogens is 326 g/mol. The second-order valence-electron chi connectivity index (χ2n) is 6.01. The summed E-state index contributed by atoms with van der Waals surface area (Å²) in [5.41, 5.74) is 1.85. The number of hydrogen-bond donors (Lipinski definition) is 1. The van der Waals surface area contributed by atoms with Crippen molar-refractivity contribution < 1.29 is 19.1 Å². The fourth-order valence-corrected chi connectivity index (χ4v) is 3.01. The third-order valence-corrected chi connectivity index (χ3v) is 4.33. The third-order valence-electron chi connectivity index (χ3n) is 4.33. The standard InChI is InChI=1S/C16H15N5O4/c1-8-3-4-12-10(17-8)5-13(25-12)15(22)21-7-14-19-18-9(2)20(14)6-11(21)16(23)24/h3-5,11H,6-7H2,1-2H3,(H,23,24).